The maximum atomic E-state index is 12.4. The first-order valence-electron chi connectivity index (χ1n) is 9.98. The molecule has 0 aromatic carbocycles. The van der Waals surface area contributed by atoms with Gasteiger partial charge in [-0.25, -0.2) is 4.98 Å². The number of nitrogens with zero attached hydrogens (tertiary/aromatic N) is 4. The molecule has 0 unspecified atom stereocenters. The number of alkyl halides is 3. The average Bonchev–Trinajstić information content (AvgIpc) is 3.10. The summed E-state index contributed by atoms with van der Waals surface area (Å²) in [6, 6.07) is 3.58. The van der Waals surface area contributed by atoms with Crippen LogP contribution in [0.4, 0.5) is 13.2 Å². The summed E-state index contributed by atoms with van der Waals surface area (Å²) >= 11 is 0. The standard InChI is InChI=1S/C21H24F3N5O3/c1-13(2)27-19(30)18-16-11-29(28-17(16)4-5-25-18)10-15-8-14(3)20(26-9-15)32-7-6-31-12-21(22,23)24/h4-5,8-9,11,13H,6-7,10,12H2,1-3H3,(H,27,30). The highest BCUT2D eigenvalue weighted by atomic mass is 19.4. The summed E-state index contributed by atoms with van der Waals surface area (Å²) in [4.78, 5) is 20.8. The molecule has 0 aliphatic rings. The third kappa shape index (κ3) is 6.39. The molecule has 0 fully saturated rings. The second-order valence-electron chi connectivity index (χ2n) is 7.53. The van der Waals surface area contributed by atoms with Crippen LogP contribution in [-0.4, -0.2) is 57.7 Å². The molecule has 0 atom stereocenters. The van der Waals surface area contributed by atoms with Gasteiger partial charge in [-0.05, 0) is 38.5 Å². The predicted octanol–water partition coefficient (Wildman–Crippen LogP) is 3.28. The summed E-state index contributed by atoms with van der Waals surface area (Å²) in [6.07, 6.45) is 0.554. The molecular formula is C21H24F3N5O3. The number of hydrogen-bond acceptors (Lipinski definition) is 6. The van der Waals surface area contributed by atoms with Crippen LogP contribution in [0.2, 0.25) is 0 Å². The second kappa shape index (κ2) is 9.94. The molecule has 8 nitrogen and oxygen atoms in total. The highest BCUT2D eigenvalue weighted by Gasteiger charge is 2.27. The summed E-state index contributed by atoms with van der Waals surface area (Å²) in [5.74, 6) is 0.0650. The lowest BCUT2D eigenvalue weighted by atomic mass is 10.2. The Hall–Kier alpha value is -3.21. The molecule has 172 valence electrons. The van der Waals surface area contributed by atoms with E-state index in [0.717, 1.165) is 11.1 Å². The molecule has 0 aliphatic carbocycles. The fourth-order valence-corrected chi connectivity index (χ4v) is 3.02. The van der Waals surface area contributed by atoms with Gasteiger partial charge in [-0.1, -0.05) is 0 Å². The van der Waals surface area contributed by atoms with Gasteiger partial charge in [0.15, 0.2) is 0 Å². The van der Waals surface area contributed by atoms with Crippen LogP contribution >= 0.6 is 0 Å². The molecule has 0 saturated heterocycles. The summed E-state index contributed by atoms with van der Waals surface area (Å²) < 4.78 is 47.8. The maximum Gasteiger partial charge on any atom is 0.411 e. The molecule has 3 heterocycles. The molecule has 1 N–H and O–H groups in total. The van der Waals surface area contributed by atoms with Crippen LogP contribution in [0, 0.1) is 6.92 Å². The van der Waals surface area contributed by atoms with Crippen LogP contribution in [0.15, 0.2) is 30.7 Å². The molecular weight excluding hydrogens is 427 g/mol. The van der Waals surface area contributed by atoms with Crippen molar-refractivity contribution in [2.75, 3.05) is 19.8 Å². The number of hydrogen-bond donors (Lipinski definition) is 1. The van der Waals surface area contributed by atoms with Gasteiger partial charge in [0.05, 0.1) is 24.1 Å². The van der Waals surface area contributed by atoms with Crippen molar-refractivity contribution in [2.45, 2.75) is 39.5 Å². The van der Waals surface area contributed by atoms with Gasteiger partial charge in [0.25, 0.3) is 5.91 Å². The summed E-state index contributed by atoms with van der Waals surface area (Å²) in [6.45, 7) is 4.41. The molecule has 32 heavy (non-hydrogen) atoms. The van der Waals surface area contributed by atoms with Crippen molar-refractivity contribution in [3.05, 3.63) is 47.5 Å². The van der Waals surface area contributed by atoms with E-state index in [1.807, 2.05) is 19.9 Å². The van der Waals surface area contributed by atoms with E-state index in [0.29, 0.717) is 29.0 Å². The Kier molecular flexibility index (Phi) is 7.29. The first-order chi connectivity index (χ1) is 15.1. The molecule has 0 saturated carbocycles. The van der Waals surface area contributed by atoms with Gasteiger partial charge in [0.1, 0.15) is 18.9 Å². The fraction of sp³-hybridized carbons (Fsp3) is 0.429. The van der Waals surface area contributed by atoms with Crippen LogP contribution in [-0.2, 0) is 11.3 Å². The number of fused-ring (bicyclic) bond motifs is 1. The first-order valence-corrected chi connectivity index (χ1v) is 9.98. The Balaban J connectivity index is 1.65. The van der Waals surface area contributed by atoms with Crippen LogP contribution in [0.25, 0.3) is 10.9 Å². The van der Waals surface area contributed by atoms with Crippen LogP contribution in [0.5, 0.6) is 5.88 Å². The number of aromatic nitrogens is 4. The van der Waals surface area contributed by atoms with Crippen molar-refractivity contribution in [3.8, 4) is 5.88 Å². The van der Waals surface area contributed by atoms with E-state index in [1.54, 1.807) is 36.3 Å². The molecule has 3 rings (SSSR count). The zero-order valence-electron chi connectivity index (χ0n) is 17.9. The van der Waals surface area contributed by atoms with E-state index >= 15 is 0 Å². The third-order valence-corrected chi connectivity index (χ3v) is 4.28. The van der Waals surface area contributed by atoms with Crippen LogP contribution < -0.4 is 10.1 Å². The lowest BCUT2D eigenvalue weighted by molar-refractivity contribution is -0.175. The summed E-state index contributed by atoms with van der Waals surface area (Å²) in [5.41, 5.74) is 2.54. The number of amides is 1. The van der Waals surface area contributed by atoms with Crippen molar-refractivity contribution in [1.29, 1.82) is 0 Å². The molecule has 0 bridgehead atoms. The highest BCUT2D eigenvalue weighted by molar-refractivity contribution is 6.04. The lowest BCUT2D eigenvalue weighted by Crippen LogP contribution is -2.30. The van der Waals surface area contributed by atoms with E-state index in [4.69, 9.17) is 4.74 Å². The monoisotopic (exact) mass is 451 g/mol. The zero-order valence-corrected chi connectivity index (χ0v) is 17.9. The van der Waals surface area contributed by atoms with Crippen molar-refractivity contribution < 1.29 is 27.4 Å². The van der Waals surface area contributed by atoms with E-state index in [2.05, 4.69) is 25.1 Å². The quantitative estimate of drug-likeness (QED) is 0.502. The molecule has 0 spiro atoms. The van der Waals surface area contributed by atoms with Crippen molar-refractivity contribution in [2.24, 2.45) is 0 Å². The molecule has 1 amide bonds. The van der Waals surface area contributed by atoms with Gasteiger partial charge in [-0.3, -0.25) is 14.5 Å². The minimum Gasteiger partial charge on any atom is -0.475 e. The predicted molar refractivity (Wildman–Crippen MR) is 111 cm³/mol. The topological polar surface area (TPSA) is 91.2 Å². The van der Waals surface area contributed by atoms with Crippen molar-refractivity contribution in [1.82, 2.24) is 25.1 Å². The third-order valence-electron chi connectivity index (χ3n) is 4.28. The number of aryl methyl sites for hydroxylation is 1. The molecule has 0 radical (unpaired) electrons. The smallest absolute Gasteiger partial charge is 0.411 e. The molecule has 3 aromatic heterocycles. The van der Waals surface area contributed by atoms with E-state index in [1.165, 1.54) is 0 Å². The number of nitrogens with one attached hydrogen (secondary N) is 1. The molecule has 11 heteroatoms. The number of carbonyl (C=O) groups is 1. The van der Waals surface area contributed by atoms with Crippen LogP contribution in [0.1, 0.15) is 35.5 Å². The minimum atomic E-state index is -4.36. The highest BCUT2D eigenvalue weighted by Crippen LogP contribution is 2.19. The normalized spacial score (nSPS) is 11.8. The van der Waals surface area contributed by atoms with Gasteiger partial charge in [0, 0.05) is 30.2 Å². The van der Waals surface area contributed by atoms with Gasteiger partial charge < -0.3 is 14.8 Å². The van der Waals surface area contributed by atoms with E-state index in [-0.39, 0.29) is 25.2 Å². The lowest BCUT2D eigenvalue weighted by Gasteiger charge is -2.11. The zero-order chi connectivity index (χ0) is 23.3. The number of carbonyl (C=O) groups excluding carboxylic acids is 1. The Bertz CT molecular complexity index is 1080. The molecule has 0 aliphatic heterocycles. The SMILES string of the molecule is Cc1cc(Cn2cc3c(C(=O)NC(C)C)nccc3n2)cnc1OCCOCC(F)(F)F. The summed E-state index contributed by atoms with van der Waals surface area (Å²) in [5, 5.41) is 7.98. The molecule has 3 aromatic rings. The summed E-state index contributed by atoms with van der Waals surface area (Å²) in [7, 11) is 0. The van der Waals surface area contributed by atoms with Crippen LogP contribution in [0.3, 0.4) is 0 Å². The minimum absolute atomic E-state index is 0.0133. The Morgan fingerprint density at radius 3 is 2.72 bits per heavy atom. The number of ether oxygens (including phenoxy) is 2. The number of pyridine rings is 2. The number of rotatable bonds is 9. The average molecular weight is 451 g/mol. The van der Waals surface area contributed by atoms with Gasteiger partial charge >= 0.3 is 6.18 Å². The van der Waals surface area contributed by atoms with Gasteiger partial charge in [-0.2, -0.15) is 18.3 Å². The van der Waals surface area contributed by atoms with Gasteiger partial charge in [0.2, 0.25) is 5.88 Å². The van der Waals surface area contributed by atoms with E-state index < -0.39 is 12.8 Å². The van der Waals surface area contributed by atoms with Gasteiger partial charge in [-0.15, -0.1) is 0 Å². The Morgan fingerprint density at radius 2 is 2.03 bits per heavy atom. The first kappa shape index (κ1) is 23.5. The number of halogens is 3. The Labute approximate surface area is 182 Å². The maximum absolute atomic E-state index is 12.4. The Morgan fingerprint density at radius 1 is 1.25 bits per heavy atom. The van der Waals surface area contributed by atoms with Crippen molar-refractivity contribution >= 4 is 16.8 Å². The second-order valence-corrected chi connectivity index (χ2v) is 7.53. The fourth-order valence-electron chi connectivity index (χ4n) is 3.02. The van der Waals surface area contributed by atoms with E-state index in [9.17, 15) is 18.0 Å². The largest absolute Gasteiger partial charge is 0.475 e. The van der Waals surface area contributed by atoms with Crippen molar-refractivity contribution in [3.63, 3.8) is 0 Å².